The summed E-state index contributed by atoms with van der Waals surface area (Å²) in [5.74, 6) is 2.79. The maximum absolute atomic E-state index is 13.5. The van der Waals surface area contributed by atoms with Crippen molar-refractivity contribution in [1.82, 2.24) is 4.90 Å². The van der Waals surface area contributed by atoms with Crippen molar-refractivity contribution in [3.05, 3.63) is 0 Å². The number of amides is 1. The monoisotopic (exact) mass is 381 g/mol. The van der Waals surface area contributed by atoms with Gasteiger partial charge >= 0.3 is 0 Å². The number of rotatable bonds is 4. The van der Waals surface area contributed by atoms with Crippen LogP contribution in [-0.2, 0) is 19.4 Å². The summed E-state index contributed by atoms with van der Waals surface area (Å²) in [7, 11) is -3.13. The van der Waals surface area contributed by atoms with Crippen LogP contribution in [0.4, 0.5) is 0 Å². The molecule has 26 heavy (non-hydrogen) atoms. The molecule has 2 saturated heterocycles. The molecule has 2 aliphatic heterocycles. The van der Waals surface area contributed by atoms with Gasteiger partial charge in [0.15, 0.2) is 9.84 Å². The van der Waals surface area contributed by atoms with Crippen molar-refractivity contribution >= 4 is 15.7 Å². The Morgan fingerprint density at radius 3 is 2.19 bits per heavy atom. The number of hydrogen-bond acceptors (Lipinski definition) is 4. The molecule has 6 rings (SSSR count). The number of nitrogens with zero attached hydrogens (tertiary/aromatic N) is 1. The lowest BCUT2D eigenvalue weighted by atomic mass is 9.49. The van der Waals surface area contributed by atoms with Crippen molar-refractivity contribution in [3.63, 3.8) is 0 Å². The van der Waals surface area contributed by atoms with E-state index in [1.165, 1.54) is 19.3 Å². The van der Waals surface area contributed by atoms with Gasteiger partial charge in [0.2, 0.25) is 5.91 Å². The number of sulfone groups is 1. The molecular formula is C20H31NO4S. The van der Waals surface area contributed by atoms with Gasteiger partial charge in [-0.25, -0.2) is 8.42 Å². The Morgan fingerprint density at radius 2 is 1.65 bits per heavy atom. The zero-order valence-electron chi connectivity index (χ0n) is 15.8. The zero-order valence-corrected chi connectivity index (χ0v) is 16.6. The van der Waals surface area contributed by atoms with Crippen LogP contribution < -0.4 is 0 Å². The van der Waals surface area contributed by atoms with Gasteiger partial charge in [-0.3, -0.25) is 4.79 Å². The fourth-order valence-electron chi connectivity index (χ4n) is 7.42. The third-order valence-electron chi connectivity index (χ3n) is 8.32. The first-order valence-electron chi connectivity index (χ1n) is 10.5. The molecule has 6 fully saturated rings. The third kappa shape index (κ3) is 2.30. The number of hydrogen-bond donors (Lipinski definition) is 0. The van der Waals surface area contributed by atoms with E-state index in [0.717, 1.165) is 37.0 Å². The van der Waals surface area contributed by atoms with Crippen molar-refractivity contribution in [2.45, 2.75) is 56.6 Å². The highest BCUT2D eigenvalue weighted by Gasteiger charge is 2.65. The van der Waals surface area contributed by atoms with Crippen molar-refractivity contribution in [2.75, 3.05) is 32.1 Å². The van der Waals surface area contributed by atoms with E-state index in [1.54, 1.807) is 0 Å². The summed E-state index contributed by atoms with van der Waals surface area (Å²) in [6, 6.07) is 0. The van der Waals surface area contributed by atoms with Gasteiger partial charge in [-0.05, 0) is 69.6 Å². The standard InChI is InChI=1S/C20H31NO4S/c1-2-25-11-17-3-4-26(23,24)20(17)12-21(13-20)18(22)19-8-14-5-15(9-19)7-16(6-14)10-19/h14-17H,2-13H2,1H3. The Balaban J connectivity index is 1.33. The SMILES string of the molecule is CCOCC1CCS(=O)(=O)C12CN(C(=O)C13CC4CC(CC(C4)C1)C3)C2. The van der Waals surface area contributed by atoms with Gasteiger partial charge in [-0.2, -0.15) is 0 Å². The van der Waals surface area contributed by atoms with E-state index in [0.29, 0.717) is 32.7 Å². The highest BCUT2D eigenvalue weighted by molar-refractivity contribution is 7.93. The number of carbonyl (C=O) groups is 1. The first-order valence-corrected chi connectivity index (χ1v) is 12.1. The topological polar surface area (TPSA) is 63.7 Å². The molecule has 4 bridgehead atoms. The molecule has 1 amide bonds. The molecule has 2 heterocycles. The van der Waals surface area contributed by atoms with Crippen LogP contribution in [0.15, 0.2) is 0 Å². The van der Waals surface area contributed by atoms with Gasteiger partial charge in [0.25, 0.3) is 0 Å². The number of carbonyl (C=O) groups excluding carboxylic acids is 1. The summed E-state index contributed by atoms with van der Waals surface area (Å²) in [6.07, 6.45) is 7.80. The van der Waals surface area contributed by atoms with E-state index in [9.17, 15) is 13.2 Å². The fraction of sp³-hybridized carbons (Fsp3) is 0.950. The second-order valence-electron chi connectivity index (χ2n) is 9.89. The lowest BCUT2D eigenvalue weighted by Gasteiger charge is -2.59. The smallest absolute Gasteiger partial charge is 0.228 e. The van der Waals surface area contributed by atoms with Crippen molar-refractivity contribution in [2.24, 2.45) is 29.1 Å². The van der Waals surface area contributed by atoms with Crippen LogP contribution in [0.3, 0.4) is 0 Å². The van der Waals surface area contributed by atoms with Crippen LogP contribution in [0.25, 0.3) is 0 Å². The Morgan fingerprint density at radius 1 is 1.08 bits per heavy atom. The first kappa shape index (κ1) is 17.5. The Hall–Kier alpha value is -0.620. The second-order valence-corrected chi connectivity index (χ2v) is 12.3. The van der Waals surface area contributed by atoms with Crippen molar-refractivity contribution in [3.8, 4) is 0 Å². The van der Waals surface area contributed by atoms with Gasteiger partial charge < -0.3 is 9.64 Å². The molecule has 1 spiro atoms. The largest absolute Gasteiger partial charge is 0.381 e. The van der Waals surface area contributed by atoms with Gasteiger partial charge in [0.1, 0.15) is 4.75 Å². The van der Waals surface area contributed by atoms with Crippen LogP contribution in [0.1, 0.15) is 51.9 Å². The average Bonchev–Trinajstić information content (AvgIpc) is 2.80. The lowest BCUT2D eigenvalue weighted by molar-refractivity contribution is -0.164. The Kier molecular flexibility index (Phi) is 3.83. The summed E-state index contributed by atoms with van der Waals surface area (Å²) in [4.78, 5) is 15.3. The second kappa shape index (κ2) is 5.69. The molecule has 6 aliphatic rings. The molecule has 0 aromatic heterocycles. The Bertz CT molecular complexity index is 674. The lowest BCUT2D eigenvalue weighted by Crippen LogP contribution is -2.71. The van der Waals surface area contributed by atoms with Crippen molar-refractivity contribution < 1.29 is 17.9 Å². The van der Waals surface area contributed by atoms with E-state index >= 15 is 0 Å². The molecule has 4 saturated carbocycles. The first-order chi connectivity index (χ1) is 12.4. The van der Waals surface area contributed by atoms with E-state index < -0.39 is 14.6 Å². The number of ether oxygens (including phenoxy) is 1. The molecule has 0 radical (unpaired) electrons. The third-order valence-corrected chi connectivity index (χ3v) is 10.9. The summed E-state index contributed by atoms with van der Waals surface area (Å²) in [5.41, 5.74) is -0.159. The molecule has 0 N–H and O–H groups in total. The molecule has 0 aromatic carbocycles. The highest BCUT2D eigenvalue weighted by Crippen LogP contribution is 2.61. The molecule has 6 heteroatoms. The minimum atomic E-state index is -3.13. The van der Waals surface area contributed by atoms with Crippen LogP contribution >= 0.6 is 0 Å². The summed E-state index contributed by atoms with van der Waals surface area (Å²) in [6.45, 7) is 3.89. The predicted octanol–water partition coefficient (Wildman–Crippen LogP) is 2.25. The van der Waals surface area contributed by atoms with Gasteiger partial charge in [-0.15, -0.1) is 0 Å². The number of likely N-dealkylation sites (tertiary alicyclic amines) is 1. The minimum Gasteiger partial charge on any atom is -0.381 e. The van der Waals surface area contributed by atoms with E-state index in [-0.39, 0.29) is 23.0 Å². The summed E-state index contributed by atoms with van der Waals surface area (Å²) in [5, 5.41) is 0. The van der Waals surface area contributed by atoms with Crippen LogP contribution in [-0.4, -0.2) is 56.0 Å². The van der Waals surface area contributed by atoms with Crippen LogP contribution in [0.5, 0.6) is 0 Å². The molecular weight excluding hydrogens is 350 g/mol. The van der Waals surface area contributed by atoms with E-state index in [2.05, 4.69) is 0 Å². The highest BCUT2D eigenvalue weighted by atomic mass is 32.2. The zero-order chi connectivity index (χ0) is 18.2. The Labute approximate surface area is 156 Å². The molecule has 5 nitrogen and oxygen atoms in total. The maximum atomic E-state index is 13.5. The molecule has 0 aromatic rings. The predicted molar refractivity (Wildman–Crippen MR) is 98.3 cm³/mol. The van der Waals surface area contributed by atoms with E-state index in [1.807, 2.05) is 11.8 Å². The minimum absolute atomic E-state index is 0.0489. The van der Waals surface area contributed by atoms with Crippen LogP contribution in [0.2, 0.25) is 0 Å². The van der Waals surface area contributed by atoms with Gasteiger partial charge in [0.05, 0.1) is 17.8 Å². The van der Waals surface area contributed by atoms with Crippen molar-refractivity contribution in [1.29, 1.82) is 0 Å². The molecule has 146 valence electrons. The maximum Gasteiger partial charge on any atom is 0.228 e. The van der Waals surface area contributed by atoms with Gasteiger partial charge in [0, 0.05) is 25.6 Å². The van der Waals surface area contributed by atoms with Gasteiger partial charge in [-0.1, -0.05) is 0 Å². The average molecular weight is 382 g/mol. The quantitative estimate of drug-likeness (QED) is 0.749. The van der Waals surface area contributed by atoms with E-state index in [4.69, 9.17) is 4.74 Å². The fourth-order valence-corrected chi connectivity index (χ4v) is 9.82. The molecule has 1 unspecified atom stereocenters. The van der Waals surface area contributed by atoms with Crippen LogP contribution in [0, 0.1) is 29.1 Å². The normalized spacial score (nSPS) is 44.4. The summed E-state index contributed by atoms with van der Waals surface area (Å²) >= 11 is 0. The molecule has 1 atom stereocenters. The molecule has 4 aliphatic carbocycles. The summed E-state index contributed by atoms with van der Waals surface area (Å²) < 4.78 is 30.4.